The van der Waals surface area contributed by atoms with Gasteiger partial charge in [-0.15, -0.1) is 0 Å². The molecule has 0 radical (unpaired) electrons. The average molecular weight is 233 g/mol. The molecule has 0 aromatic heterocycles. The van der Waals surface area contributed by atoms with Crippen molar-refractivity contribution in [3.8, 4) is 6.07 Å². The first-order chi connectivity index (χ1) is 8.04. The lowest BCUT2D eigenvalue weighted by Crippen LogP contribution is -2.12. The Kier molecular flexibility index (Phi) is 4.23. The normalized spacial score (nSPS) is 9.88. The molecular weight excluding hydrogens is 222 g/mol. The van der Waals surface area contributed by atoms with Crippen molar-refractivity contribution in [2.75, 3.05) is 0 Å². The van der Waals surface area contributed by atoms with Crippen LogP contribution < -0.4 is 0 Å². The molecule has 0 aliphatic heterocycles. The molecule has 0 saturated carbocycles. The average Bonchev–Trinajstić information content (AvgIpc) is 2.27. The molecule has 0 amide bonds. The monoisotopic (exact) mass is 233 g/mol. The van der Waals surface area contributed by atoms with Gasteiger partial charge in [0.25, 0.3) is 0 Å². The Balaban J connectivity index is 3.07. The van der Waals surface area contributed by atoms with Crippen LogP contribution >= 0.6 is 0 Å². The van der Waals surface area contributed by atoms with Crippen molar-refractivity contribution in [1.82, 2.24) is 0 Å². The van der Waals surface area contributed by atoms with E-state index in [0.29, 0.717) is 11.1 Å². The second-order valence-corrected chi connectivity index (χ2v) is 3.59. The van der Waals surface area contributed by atoms with Crippen LogP contribution in [0.3, 0.4) is 0 Å². The highest BCUT2D eigenvalue weighted by Gasteiger charge is 2.21. The fraction of sp³-hybridized carbons (Fsp3) is 0.250. The van der Waals surface area contributed by atoms with Crippen LogP contribution in [0.1, 0.15) is 29.9 Å². The van der Waals surface area contributed by atoms with Crippen molar-refractivity contribution in [2.45, 2.75) is 18.8 Å². The zero-order valence-electron chi connectivity index (χ0n) is 8.96. The van der Waals surface area contributed by atoms with Crippen molar-refractivity contribution in [3.63, 3.8) is 0 Å². The van der Waals surface area contributed by atoms with E-state index < -0.39 is 17.9 Å². The first-order valence-electron chi connectivity index (χ1n) is 4.97. The lowest BCUT2D eigenvalue weighted by Gasteiger charge is -2.14. The molecule has 5 nitrogen and oxygen atoms in total. The highest BCUT2D eigenvalue weighted by Crippen LogP contribution is 2.26. The Morgan fingerprint density at radius 2 is 1.71 bits per heavy atom. The highest BCUT2D eigenvalue weighted by molar-refractivity contribution is 5.72. The quantitative estimate of drug-likeness (QED) is 0.804. The molecule has 2 N–H and O–H groups in total. The second kappa shape index (κ2) is 5.66. The summed E-state index contributed by atoms with van der Waals surface area (Å²) in [5.74, 6) is -2.84. The van der Waals surface area contributed by atoms with Gasteiger partial charge in [0.1, 0.15) is 0 Å². The number of nitrogens with zero attached hydrogens (tertiary/aromatic N) is 1. The molecule has 0 saturated heterocycles. The van der Waals surface area contributed by atoms with E-state index in [1.54, 1.807) is 24.3 Å². The molecule has 17 heavy (non-hydrogen) atoms. The predicted octanol–water partition coefficient (Wildman–Crippen LogP) is 1.59. The maximum absolute atomic E-state index is 10.7. The number of benzene rings is 1. The van der Waals surface area contributed by atoms with Gasteiger partial charge in [0.15, 0.2) is 0 Å². The van der Waals surface area contributed by atoms with Gasteiger partial charge in [-0.2, -0.15) is 5.26 Å². The summed E-state index contributed by atoms with van der Waals surface area (Å²) in [6, 6.07) is 8.39. The van der Waals surface area contributed by atoms with Crippen LogP contribution in [0.4, 0.5) is 0 Å². The molecule has 88 valence electrons. The zero-order chi connectivity index (χ0) is 12.8. The minimum atomic E-state index is -1.08. The largest absolute Gasteiger partial charge is 0.481 e. The summed E-state index contributed by atoms with van der Waals surface area (Å²) in [4.78, 5) is 21.4. The van der Waals surface area contributed by atoms with Gasteiger partial charge < -0.3 is 10.2 Å². The molecule has 0 aliphatic carbocycles. The van der Waals surface area contributed by atoms with Gasteiger partial charge in [-0.25, -0.2) is 0 Å². The fourth-order valence-corrected chi connectivity index (χ4v) is 1.67. The third-order valence-electron chi connectivity index (χ3n) is 2.36. The van der Waals surface area contributed by atoms with E-state index in [4.69, 9.17) is 15.5 Å². The number of nitriles is 1. The van der Waals surface area contributed by atoms with Crippen LogP contribution in [0.15, 0.2) is 24.3 Å². The molecule has 0 aliphatic rings. The number of carbonyl (C=O) groups is 2. The Labute approximate surface area is 97.9 Å². The van der Waals surface area contributed by atoms with Gasteiger partial charge in [0, 0.05) is 5.92 Å². The summed E-state index contributed by atoms with van der Waals surface area (Å²) in [6.07, 6.45) is -0.601. The van der Waals surface area contributed by atoms with Crippen molar-refractivity contribution in [3.05, 3.63) is 35.4 Å². The van der Waals surface area contributed by atoms with Crippen molar-refractivity contribution in [2.24, 2.45) is 0 Å². The van der Waals surface area contributed by atoms with Crippen LogP contribution in [-0.4, -0.2) is 22.2 Å². The van der Waals surface area contributed by atoms with E-state index in [1.165, 1.54) is 0 Å². The molecule has 0 fully saturated rings. The molecule has 0 bridgehead atoms. The van der Waals surface area contributed by atoms with E-state index in [2.05, 4.69) is 0 Å². The molecule has 5 heteroatoms. The van der Waals surface area contributed by atoms with Crippen LogP contribution in [0.5, 0.6) is 0 Å². The van der Waals surface area contributed by atoms with Crippen LogP contribution in [0, 0.1) is 11.3 Å². The minimum Gasteiger partial charge on any atom is -0.481 e. The van der Waals surface area contributed by atoms with Gasteiger partial charge in [-0.05, 0) is 11.6 Å². The predicted molar refractivity (Wildman–Crippen MR) is 58.4 cm³/mol. The van der Waals surface area contributed by atoms with E-state index in [1.807, 2.05) is 6.07 Å². The van der Waals surface area contributed by atoms with Gasteiger partial charge in [-0.1, -0.05) is 18.2 Å². The third kappa shape index (κ3) is 3.61. The molecule has 0 spiro atoms. The molecule has 0 unspecified atom stereocenters. The summed E-state index contributed by atoms with van der Waals surface area (Å²) >= 11 is 0. The Morgan fingerprint density at radius 1 is 1.18 bits per heavy atom. The molecule has 0 atom stereocenters. The van der Waals surface area contributed by atoms with E-state index in [0.717, 1.165) is 0 Å². The number of hydrogen-bond acceptors (Lipinski definition) is 3. The minimum absolute atomic E-state index is 0.301. The van der Waals surface area contributed by atoms with Crippen LogP contribution in [-0.2, 0) is 9.59 Å². The van der Waals surface area contributed by atoms with Gasteiger partial charge in [0.2, 0.25) is 0 Å². The molecule has 1 rings (SSSR count). The number of rotatable bonds is 5. The summed E-state index contributed by atoms with van der Waals surface area (Å²) in [6.45, 7) is 0. The highest BCUT2D eigenvalue weighted by atomic mass is 16.4. The Hall–Kier alpha value is -2.35. The SMILES string of the molecule is N#Cc1ccccc1C(CC(=O)O)CC(=O)O. The summed E-state index contributed by atoms with van der Waals surface area (Å²) in [5.41, 5.74) is 0.791. The summed E-state index contributed by atoms with van der Waals surface area (Å²) in [5, 5.41) is 26.4. The van der Waals surface area contributed by atoms with Gasteiger partial charge in [0.05, 0.1) is 24.5 Å². The van der Waals surface area contributed by atoms with Crippen molar-refractivity contribution in [1.29, 1.82) is 5.26 Å². The Morgan fingerprint density at radius 3 is 2.18 bits per heavy atom. The lowest BCUT2D eigenvalue weighted by molar-refractivity contribution is -0.139. The van der Waals surface area contributed by atoms with E-state index in [9.17, 15) is 9.59 Å². The van der Waals surface area contributed by atoms with Crippen LogP contribution in [0.2, 0.25) is 0 Å². The van der Waals surface area contributed by atoms with E-state index >= 15 is 0 Å². The number of aliphatic carboxylic acids is 2. The number of hydrogen-bond donors (Lipinski definition) is 2. The third-order valence-corrected chi connectivity index (χ3v) is 2.36. The smallest absolute Gasteiger partial charge is 0.303 e. The van der Waals surface area contributed by atoms with Gasteiger partial charge >= 0.3 is 11.9 Å². The van der Waals surface area contributed by atoms with E-state index in [-0.39, 0.29) is 12.8 Å². The maximum atomic E-state index is 10.7. The molecule has 1 aromatic carbocycles. The standard InChI is InChI=1S/C12H11NO4/c13-7-8-3-1-2-4-10(8)9(5-11(14)15)6-12(16)17/h1-4,9H,5-6H2,(H,14,15)(H,16,17). The molecule has 0 heterocycles. The first-order valence-corrected chi connectivity index (χ1v) is 4.97. The lowest BCUT2D eigenvalue weighted by atomic mass is 9.89. The fourth-order valence-electron chi connectivity index (χ4n) is 1.67. The van der Waals surface area contributed by atoms with Crippen LogP contribution in [0.25, 0.3) is 0 Å². The summed E-state index contributed by atoms with van der Waals surface area (Å²) in [7, 11) is 0. The number of carboxylic acids is 2. The Bertz CT molecular complexity index is 460. The first kappa shape index (κ1) is 12.7. The topological polar surface area (TPSA) is 98.4 Å². The summed E-state index contributed by atoms with van der Waals surface area (Å²) < 4.78 is 0. The maximum Gasteiger partial charge on any atom is 0.303 e. The second-order valence-electron chi connectivity index (χ2n) is 3.59. The number of carboxylic acid groups (broad SMARTS) is 2. The van der Waals surface area contributed by atoms with Crippen molar-refractivity contribution >= 4 is 11.9 Å². The molecule has 1 aromatic rings. The molecular formula is C12H11NO4. The van der Waals surface area contributed by atoms with Gasteiger partial charge in [-0.3, -0.25) is 9.59 Å². The van der Waals surface area contributed by atoms with Crippen molar-refractivity contribution < 1.29 is 19.8 Å². The zero-order valence-corrected chi connectivity index (χ0v) is 8.96.